The Morgan fingerprint density at radius 1 is 1.06 bits per heavy atom. The summed E-state index contributed by atoms with van der Waals surface area (Å²) in [4.78, 5) is 36.1. The van der Waals surface area contributed by atoms with Crippen molar-refractivity contribution in [3.05, 3.63) is 77.1 Å². The third-order valence-electron chi connectivity index (χ3n) is 7.25. The smallest absolute Gasteiger partial charge is 0.283 e. The molecule has 2 atom stereocenters. The first-order valence-electron chi connectivity index (χ1n) is 12.1. The highest BCUT2D eigenvalue weighted by Gasteiger charge is 2.38. The highest BCUT2D eigenvalue weighted by atomic mass is 32.1. The van der Waals surface area contributed by atoms with E-state index < -0.39 is 0 Å². The normalized spacial score (nSPS) is 21.0. The number of anilines is 1. The van der Waals surface area contributed by atoms with Gasteiger partial charge in [-0.05, 0) is 55.5 Å². The number of nitrogens with zero attached hydrogens (tertiary/aromatic N) is 5. The molecule has 36 heavy (non-hydrogen) atoms. The Morgan fingerprint density at radius 2 is 1.86 bits per heavy atom. The van der Waals surface area contributed by atoms with Gasteiger partial charge in [-0.15, -0.1) is 11.3 Å². The topological polar surface area (TPSA) is 61.7 Å². The van der Waals surface area contributed by atoms with Crippen molar-refractivity contribution < 1.29 is 14.0 Å². The second-order valence-electron chi connectivity index (χ2n) is 9.45. The summed E-state index contributed by atoms with van der Waals surface area (Å²) in [5.74, 6) is -0.157. The number of halogens is 1. The fraction of sp³-hybridized carbons (Fsp3) is 0.296. The number of carbonyl (C=O) groups excluding carboxylic acids is 2. The lowest BCUT2D eigenvalue weighted by molar-refractivity contribution is -0.117. The zero-order chi connectivity index (χ0) is 24.8. The van der Waals surface area contributed by atoms with Crippen molar-refractivity contribution in [2.45, 2.75) is 25.4 Å². The van der Waals surface area contributed by atoms with E-state index in [0.29, 0.717) is 24.5 Å². The molecule has 4 heterocycles. The van der Waals surface area contributed by atoms with Crippen molar-refractivity contribution in [3.63, 3.8) is 0 Å². The summed E-state index contributed by atoms with van der Waals surface area (Å²) < 4.78 is 15.4. The van der Waals surface area contributed by atoms with E-state index in [-0.39, 0.29) is 29.7 Å². The lowest BCUT2D eigenvalue weighted by Crippen LogP contribution is -2.56. The van der Waals surface area contributed by atoms with Crippen molar-refractivity contribution in [2.24, 2.45) is 0 Å². The number of benzene rings is 2. The fourth-order valence-electron chi connectivity index (χ4n) is 5.38. The van der Waals surface area contributed by atoms with Gasteiger partial charge >= 0.3 is 0 Å². The molecule has 2 aromatic heterocycles. The third-order valence-corrected chi connectivity index (χ3v) is 8.01. The van der Waals surface area contributed by atoms with Crippen LogP contribution in [-0.2, 0) is 4.79 Å². The van der Waals surface area contributed by atoms with Crippen LogP contribution in [0, 0.1) is 5.82 Å². The minimum atomic E-state index is -0.262. The summed E-state index contributed by atoms with van der Waals surface area (Å²) in [6, 6.07) is 14.6. The van der Waals surface area contributed by atoms with Crippen LogP contribution >= 0.6 is 11.3 Å². The predicted molar refractivity (Wildman–Crippen MR) is 138 cm³/mol. The highest BCUT2D eigenvalue weighted by molar-refractivity contribution is 7.11. The average Bonchev–Trinajstić information content (AvgIpc) is 3.64. The van der Waals surface area contributed by atoms with Crippen LogP contribution in [0.1, 0.15) is 23.1 Å². The number of aromatic nitrogens is 2. The maximum atomic E-state index is 13.3. The largest absolute Gasteiger partial charge is 0.331 e. The molecule has 0 N–H and O–H groups in total. The molecule has 2 fully saturated rings. The Hall–Kier alpha value is -3.56. The Labute approximate surface area is 212 Å². The third kappa shape index (κ3) is 4.08. The van der Waals surface area contributed by atoms with Gasteiger partial charge in [0.15, 0.2) is 5.01 Å². The summed E-state index contributed by atoms with van der Waals surface area (Å²) in [5.41, 5.74) is 2.78. The molecule has 2 aromatic carbocycles. The van der Waals surface area contributed by atoms with E-state index in [1.807, 2.05) is 50.2 Å². The molecule has 1 unspecified atom stereocenters. The van der Waals surface area contributed by atoms with E-state index in [1.54, 1.807) is 18.3 Å². The van der Waals surface area contributed by atoms with E-state index in [9.17, 15) is 14.0 Å². The lowest BCUT2D eigenvalue weighted by atomic mass is 10.1. The van der Waals surface area contributed by atoms with Crippen molar-refractivity contribution in [1.29, 1.82) is 0 Å². The van der Waals surface area contributed by atoms with Gasteiger partial charge < -0.3 is 14.4 Å². The molecule has 2 aliphatic rings. The number of fused-ring (bicyclic) bond motifs is 1. The van der Waals surface area contributed by atoms with Crippen molar-refractivity contribution in [2.75, 3.05) is 31.1 Å². The molecule has 184 valence electrons. The maximum Gasteiger partial charge on any atom is 0.283 e. The van der Waals surface area contributed by atoms with Crippen LogP contribution in [0.5, 0.6) is 0 Å². The van der Waals surface area contributed by atoms with E-state index in [0.717, 1.165) is 35.4 Å². The number of hydrogen-bond donors (Lipinski definition) is 0. The Morgan fingerprint density at radius 3 is 2.61 bits per heavy atom. The summed E-state index contributed by atoms with van der Waals surface area (Å²) >= 11 is 1.37. The van der Waals surface area contributed by atoms with E-state index in [1.165, 1.54) is 23.5 Å². The average molecular weight is 504 g/mol. The van der Waals surface area contributed by atoms with E-state index in [4.69, 9.17) is 0 Å². The van der Waals surface area contributed by atoms with Crippen LogP contribution in [0.15, 0.2) is 66.3 Å². The van der Waals surface area contributed by atoms with Crippen LogP contribution in [0.25, 0.3) is 16.6 Å². The van der Waals surface area contributed by atoms with E-state index >= 15 is 0 Å². The van der Waals surface area contributed by atoms with Gasteiger partial charge in [0, 0.05) is 79.2 Å². The van der Waals surface area contributed by atoms with Gasteiger partial charge in [0.1, 0.15) is 5.82 Å². The predicted octanol–water partition coefficient (Wildman–Crippen LogP) is 4.18. The first-order chi connectivity index (χ1) is 17.5. The molecular formula is C27H26FN5O2S. The molecule has 9 heteroatoms. The lowest BCUT2D eigenvalue weighted by Gasteiger charge is -2.41. The molecule has 0 bridgehead atoms. The van der Waals surface area contributed by atoms with Crippen LogP contribution in [-0.4, -0.2) is 69.4 Å². The first-order valence-corrected chi connectivity index (χ1v) is 13.0. The molecule has 0 saturated carbocycles. The number of hydrogen-bond acceptors (Lipinski definition) is 5. The van der Waals surface area contributed by atoms with E-state index in [2.05, 4.69) is 16.8 Å². The van der Waals surface area contributed by atoms with Crippen LogP contribution in [0.3, 0.4) is 0 Å². The molecule has 2 amide bonds. The standard InChI is InChI=1S/C27H26FN5O2S/c1-18-16-30(11-12-31(18)27(35)26-29-9-13-36-26)23-15-25(34)33(17-23)22-6-7-24-19(14-22)8-10-32(24)21-4-2-20(28)3-5-21/h2-10,13-14,18,23H,11-12,15-17H2,1H3/t18-,23?/m1/s1. The number of rotatable bonds is 4. The SMILES string of the molecule is C[C@@H]1CN(C2CC(=O)N(c3ccc4c(ccn4-c4ccc(F)cc4)c3)C2)CCN1C(=O)c1nccs1. The second kappa shape index (κ2) is 9.15. The quantitative estimate of drug-likeness (QED) is 0.419. The maximum absolute atomic E-state index is 13.3. The molecule has 2 saturated heterocycles. The minimum Gasteiger partial charge on any atom is -0.331 e. The summed E-state index contributed by atoms with van der Waals surface area (Å²) in [6.07, 6.45) is 4.10. The molecular weight excluding hydrogens is 477 g/mol. The van der Waals surface area contributed by atoms with Gasteiger partial charge in [-0.2, -0.15) is 0 Å². The molecule has 0 spiro atoms. The van der Waals surface area contributed by atoms with Gasteiger partial charge in [-0.1, -0.05) is 0 Å². The molecule has 6 rings (SSSR count). The van der Waals surface area contributed by atoms with Gasteiger partial charge in [0.2, 0.25) is 5.91 Å². The zero-order valence-corrected chi connectivity index (χ0v) is 20.7. The van der Waals surface area contributed by atoms with Gasteiger partial charge in [0.25, 0.3) is 5.91 Å². The Bertz CT molecular complexity index is 1420. The fourth-order valence-corrected chi connectivity index (χ4v) is 5.97. The number of piperazine rings is 1. The number of carbonyl (C=O) groups is 2. The summed E-state index contributed by atoms with van der Waals surface area (Å²) in [5, 5.41) is 3.37. The van der Waals surface area contributed by atoms with Gasteiger partial charge in [-0.25, -0.2) is 9.37 Å². The molecule has 2 aliphatic heterocycles. The Balaban J connectivity index is 1.15. The summed E-state index contributed by atoms with van der Waals surface area (Å²) in [7, 11) is 0. The second-order valence-corrected chi connectivity index (χ2v) is 10.3. The monoisotopic (exact) mass is 503 g/mol. The summed E-state index contributed by atoms with van der Waals surface area (Å²) in [6.45, 7) is 4.81. The van der Waals surface area contributed by atoms with Crippen LogP contribution in [0.4, 0.5) is 10.1 Å². The van der Waals surface area contributed by atoms with Crippen LogP contribution < -0.4 is 4.90 Å². The molecule has 0 radical (unpaired) electrons. The number of amides is 2. The first kappa shape index (κ1) is 22.9. The minimum absolute atomic E-state index is 0.0119. The number of thiazole rings is 1. The van der Waals surface area contributed by atoms with Crippen molar-refractivity contribution >= 4 is 39.7 Å². The van der Waals surface area contributed by atoms with Crippen molar-refractivity contribution in [1.82, 2.24) is 19.4 Å². The molecule has 0 aliphatic carbocycles. The Kier molecular flexibility index (Phi) is 5.81. The molecule has 7 nitrogen and oxygen atoms in total. The molecule has 4 aromatic rings. The van der Waals surface area contributed by atoms with Gasteiger partial charge in [-0.3, -0.25) is 14.5 Å². The zero-order valence-electron chi connectivity index (χ0n) is 19.9. The van der Waals surface area contributed by atoms with Crippen LogP contribution in [0.2, 0.25) is 0 Å². The highest BCUT2D eigenvalue weighted by Crippen LogP contribution is 2.30. The van der Waals surface area contributed by atoms with Gasteiger partial charge in [0.05, 0.1) is 5.52 Å². The van der Waals surface area contributed by atoms with Crippen molar-refractivity contribution in [3.8, 4) is 5.69 Å².